The smallest absolute Gasteiger partial charge is 0.0414 e. The third-order valence-electron chi connectivity index (χ3n) is 2.51. The predicted molar refractivity (Wildman–Crippen MR) is 56.2 cm³/mol. The van der Waals surface area contributed by atoms with Gasteiger partial charge in [0.05, 0.1) is 0 Å². The summed E-state index contributed by atoms with van der Waals surface area (Å²) in [5.74, 6) is -1.94. The Balaban J connectivity index is 0. The second-order valence-corrected chi connectivity index (χ2v) is 4.07. The molecule has 0 aliphatic carbocycles. The summed E-state index contributed by atoms with van der Waals surface area (Å²) >= 11 is 0. The Kier molecular flexibility index (Phi) is 15.4. The number of aliphatic carboxylic acids is 2. The van der Waals surface area contributed by atoms with E-state index in [0.717, 1.165) is 38.5 Å². The maximum Gasteiger partial charge on any atom is 0.0414 e. The van der Waals surface area contributed by atoms with E-state index >= 15 is 0 Å². The second-order valence-electron chi connectivity index (χ2n) is 4.07. The van der Waals surface area contributed by atoms with E-state index < -0.39 is 11.9 Å². The molecule has 0 aromatic heterocycles. The van der Waals surface area contributed by atoms with Crippen LogP contribution in [0.5, 0.6) is 0 Å². The van der Waals surface area contributed by atoms with Crippen LogP contribution in [0.1, 0.15) is 64.2 Å². The van der Waals surface area contributed by atoms with Gasteiger partial charge in [0, 0.05) is 34.3 Å². The van der Waals surface area contributed by atoms with Crippen molar-refractivity contribution in [3.63, 3.8) is 0 Å². The van der Waals surface area contributed by atoms with Gasteiger partial charge >= 0.3 is 0 Å². The molecule has 0 atom stereocenters. The van der Waals surface area contributed by atoms with Crippen molar-refractivity contribution in [1.82, 2.24) is 0 Å². The summed E-state index contributed by atoms with van der Waals surface area (Å²) in [6.07, 6.45) is 7.88. The quantitative estimate of drug-likeness (QED) is 0.404. The molecule has 0 amide bonds. The van der Waals surface area contributed by atoms with Gasteiger partial charge in [0.2, 0.25) is 0 Å². The van der Waals surface area contributed by atoms with E-state index in [1.807, 2.05) is 0 Å². The molecule has 0 N–H and O–H groups in total. The molecule has 0 aliphatic heterocycles. The Morgan fingerprint density at radius 2 is 0.824 bits per heavy atom. The molecule has 17 heavy (non-hydrogen) atoms. The van der Waals surface area contributed by atoms with E-state index in [1.54, 1.807) is 0 Å². The van der Waals surface area contributed by atoms with Crippen LogP contribution in [0, 0.1) is 0 Å². The third kappa shape index (κ3) is 18.3. The van der Waals surface area contributed by atoms with Crippen LogP contribution in [-0.4, -0.2) is 11.9 Å². The van der Waals surface area contributed by atoms with E-state index in [2.05, 4.69) is 0 Å². The molecule has 0 heterocycles. The molecule has 1 radical (unpaired) electrons. The van der Waals surface area contributed by atoms with Crippen molar-refractivity contribution >= 4 is 11.9 Å². The van der Waals surface area contributed by atoms with Gasteiger partial charge in [-0.25, -0.2) is 0 Å². The average Bonchev–Trinajstić information content (AvgIpc) is 2.20. The molecule has 0 aliphatic rings. The molecule has 5 heteroatoms. The molecule has 0 rings (SSSR count). The fourth-order valence-electron chi connectivity index (χ4n) is 1.60. The molecule has 0 saturated carbocycles. The largest absolute Gasteiger partial charge is 0.550 e. The van der Waals surface area contributed by atoms with Gasteiger partial charge in [-0.1, -0.05) is 38.5 Å². The maximum atomic E-state index is 10.1. The van der Waals surface area contributed by atoms with Crippen molar-refractivity contribution in [2.24, 2.45) is 0 Å². The molecule has 0 aromatic carbocycles. The summed E-state index contributed by atoms with van der Waals surface area (Å²) < 4.78 is 0. The fourth-order valence-corrected chi connectivity index (χ4v) is 1.60. The zero-order valence-corrected chi connectivity index (χ0v) is 11.5. The summed E-state index contributed by atoms with van der Waals surface area (Å²) in [6, 6.07) is 0. The number of hydrogen-bond donors (Lipinski definition) is 0. The molecule has 4 nitrogen and oxygen atoms in total. The van der Waals surface area contributed by atoms with E-state index in [0.29, 0.717) is 12.8 Å². The minimum absolute atomic E-state index is 0. The van der Waals surface area contributed by atoms with Gasteiger partial charge in [0.15, 0.2) is 0 Å². The van der Waals surface area contributed by atoms with E-state index in [4.69, 9.17) is 0 Å². The van der Waals surface area contributed by atoms with Gasteiger partial charge in [-0.15, -0.1) is 0 Å². The molecular formula is C12H20AgO4-2. The first kappa shape index (κ1) is 19.0. The van der Waals surface area contributed by atoms with Crippen molar-refractivity contribution in [3.8, 4) is 0 Å². The number of hydrogen-bond acceptors (Lipinski definition) is 4. The van der Waals surface area contributed by atoms with Gasteiger partial charge in [-0.05, 0) is 25.7 Å². The molecule has 0 saturated heterocycles. The fraction of sp³-hybridized carbons (Fsp3) is 0.833. The van der Waals surface area contributed by atoms with Crippen molar-refractivity contribution in [3.05, 3.63) is 0 Å². The van der Waals surface area contributed by atoms with Crippen molar-refractivity contribution in [2.45, 2.75) is 64.2 Å². The molecule has 105 valence electrons. The Morgan fingerprint density at radius 1 is 0.588 bits per heavy atom. The standard InChI is InChI=1S/C12H22O4.Ag/c13-11(14)9-7-5-3-1-2-4-6-8-10-12(15)16;/h1-10H2,(H,13,14)(H,15,16);/p-2. The number of carboxylic acid groups (broad SMARTS) is 2. The Morgan fingerprint density at radius 3 is 1.06 bits per heavy atom. The van der Waals surface area contributed by atoms with Crippen molar-refractivity contribution in [1.29, 1.82) is 0 Å². The maximum absolute atomic E-state index is 10.1. The van der Waals surface area contributed by atoms with Crippen LogP contribution < -0.4 is 10.2 Å². The Bertz CT molecular complexity index is 185. The van der Waals surface area contributed by atoms with E-state index in [1.165, 1.54) is 0 Å². The van der Waals surface area contributed by atoms with Gasteiger partial charge in [-0.3, -0.25) is 0 Å². The van der Waals surface area contributed by atoms with Gasteiger partial charge in [0.1, 0.15) is 0 Å². The second kappa shape index (κ2) is 13.7. The first-order valence-electron chi connectivity index (χ1n) is 6.02. The molecule has 0 spiro atoms. The Hall–Kier alpha value is -0.320. The van der Waals surface area contributed by atoms with Gasteiger partial charge < -0.3 is 19.8 Å². The van der Waals surface area contributed by atoms with Crippen molar-refractivity contribution < 1.29 is 42.2 Å². The first-order valence-corrected chi connectivity index (χ1v) is 6.02. The first-order chi connectivity index (χ1) is 7.63. The zero-order chi connectivity index (χ0) is 12.2. The van der Waals surface area contributed by atoms with Crippen LogP contribution in [0.4, 0.5) is 0 Å². The van der Waals surface area contributed by atoms with Gasteiger partial charge in [-0.2, -0.15) is 0 Å². The van der Waals surface area contributed by atoms with Crippen LogP contribution in [0.2, 0.25) is 0 Å². The minimum atomic E-state index is -0.970. The van der Waals surface area contributed by atoms with Crippen molar-refractivity contribution in [2.75, 3.05) is 0 Å². The number of rotatable bonds is 11. The summed E-state index contributed by atoms with van der Waals surface area (Å²) in [5.41, 5.74) is 0. The van der Waals surface area contributed by atoms with Gasteiger partial charge in [0.25, 0.3) is 0 Å². The van der Waals surface area contributed by atoms with Crippen LogP contribution in [0.25, 0.3) is 0 Å². The molecule has 0 aromatic rings. The summed E-state index contributed by atoms with van der Waals surface area (Å²) in [7, 11) is 0. The average molecular weight is 336 g/mol. The summed E-state index contributed by atoms with van der Waals surface area (Å²) in [5, 5.41) is 20.2. The molecular weight excluding hydrogens is 316 g/mol. The predicted octanol–water partition coefficient (Wildman–Crippen LogP) is 0.385. The molecule has 0 fully saturated rings. The SMILES string of the molecule is O=C([O-])CCCCCCCCCCC(=O)[O-].[Ag]. The van der Waals surface area contributed by atoms with Crippen LogP contribution in [0.15, 0.2) is 0 Å². The normalized spacial score (nSPS) is 9.65. The van der Waals surface area contributed by atoms with Crippen LogP contribution >= 0.6 is 0 Å². The molecule has 0 bridgehead atoms. The van der Waals surface area contributed by atoms with Crippen LogP contribution in [0.3, 0.4) is 0 Å². The number of carbonyl (C=O) groups is 2. The monoisotopic (exact) mass is 335 g/mol. The molecule has 0 unspecified atom stereocenters. The summed E-state index contributed by atoms with van der Waals surface area (Å²) in [6.45, 7) is 0. The topological polar surface area (TPSA) is 80.3 Å². The minimum Gasteiger partial charge on any atom is -0.550 e. The third-order valence-corrected chi connectivity index (χ3v) is 2.51. The zero-order valence-electron chi connectivity index (χ0n) is 10.0. The Labute approximate surface area is 118 Å². The van der Waals surface area contributed by atoms with Crippen LogP contribution in [-0.2, 0) is 32.0 Å². The number of carbonyl (C=O) groups excluding carboxylic acids is 2. The number of unbranched alkanes of at least 4 members (excludes halogenated alkanes) is 7. The van der Waals surface area contributed by atoms with E-state index in [-0.39, 0.29) is 35.2 Å². The van der Waals surface area contributed by atoms with E-state index in [9.17, 15) is 19.8 Å². The summed E-state index contributed by atoms with van der Waals surface area (Å²) in [4.78, 5) is 20.2. The number of carboxylic acids is 2.